The van der Waals surface area contributed by atoms with Gasteiger partial charge in [-0.15, -0.1) is 0 Å². The number of nitrogens with one attached hydrogen (secondary N) is 2. The topological polar surface area (TPSA) is 64.9 Å². The zero-order chi connectivity index (χ0) is 19.1. The summed E-state index contributed by atoms with van der Waals surface area (Å²) < 4.78 is 0. The van der Waals surface area contributed by atoms with E-state index in [1.54, 1.807) is 0 Å². The molecule has 0 aliphatic heterocycles. The predicted molar refractivity (Wildman–Crippen MR) is 107 cm³/mol. The van der Waals surface area contributed by atoms with Gasteiger partial charge in [0, 0.05) is 17.6 Å². The molecule has 0 spiro atoms. The van der Waals surface area contributed by atoms with E-state index in [1.165, 1.54) is 11.8 Å². The van der Waals surface area contributed by atoms with Crippen molar-refractivity contribution < 1.29 is 4.79 Å². The Labute approximate surface area is 155 Å². The smallest absolute Gasteiger partial charge is 0.267 e. The molecule has 4 nitrogen and oxygen atoms in total. The predicted octanol–water partition coefficient (Wildman–Crippen LogP) is 4.89. The molecule has 0 saturated carbocycles. The van der Waals surface area contributed by atoms with Gasteiger partial charge in [0.15, 0.2) is 0 Å². The van der Waals surface area contributed by atoms with Crippen LogP contribution in [-0.4, -0.2) is 5.91 Å². The van der Waals surface area contributed by atoms with Gasteiger partial charge >= 0.3 is 0 Å². The molecular formula is C22H25N3O. The summed E-state index contributed by atoms with van der Waals surface area (Å²) in [6, 6.07) is 13.9. The number of carbonyl (C=O) groups excluding carboxylic acids is 1. The largest absolute Gasteiger partial charge is 0.360 e. The molecule has 2 rings (SSSR count). The molecule has 0 aromatic heterocycles. The number of nitriles is 1. The van der Waals surface area contributed by atoms with Gasteiger partial charge in [0.25, 0.3) is 5.91 Å². The molecule has 0 fully saturated rings. The van der Waals surface area contributed by atoms with Crippen LogP contribution in [0.1, 0.15) is 36.1 Å². The second-order valence-corrected chi connectivity index (χ2v) is 6.23. The lowest BCUT2D eigenvalue weighted by Gasteiger charge is -2.14. The third-order valence-electron chi connectivity index (χ3n) is 4.49. The first kappa shape index (κ1) is 19.3. The van der Waals surface area contributed by atoms with Crippen molar-refractivity contribution in [1.82, 2.24) is 0 Å². The number of hydrogen-bond acceptors (Lipinski definition) is 3. The third kappa shape index (κ3) is 4.52. The highest BCUT2D eigenvalue weighted by Crippen LogP contribution is 2.23. The number of amides is 1. The van der Waals surface area contributed by atoms with Gasteiger partial charge in [0.1, 0.15) is 11.6 Å². The molecule has 0 aliphatic rings. The molecule has 0 aliphatic carbocycles. The highest BCUT2D eigenvalue weighted by atomic mass is 16.1. The Balaban J connectivity index is 2.21. The van der Waals surface area contributed by atoms with Crippen LogP contribution in [0.5, 0.6) is 0 Å². The quantitative estimate of drug-likeness (QED) is 0.578. The highest BCUT2D eigenvalue weighted by Gasteiger charge is 2.14. The van der Waals surface area contributed by atoms with Crippen LogP contribution in [0.3, 0.4) is 0 Å². The fraction of sp³-hybridized carbons (Fsp3) is 0.273. The maximum absolute atomic E-state index is 12.6. The lowest BCUT2D eigenvalue weighted by molar-refractivity contribution is -0.112. The summed E-state index contributed by atoms with van der Waals surface area (Å²) in [7, 11) is 0. The normalized spacial score (nSPS) is 11.0. The number of para-hydroxylation sites is 1. The van der Waals surface area contributed by atoms with Crippen LogP contribution < -0.4 is 10.6 Å². The molecule has 2 aromatic rings. The zero-order valence-corrected chi connectivity index (χ0v) is 15.8. The molecule has 0 saturated heterocycles. The van der Waals surface area contributed by atoms with Crippen molar-refractivity contribution >= 4 is 17.3 Å². The lowest BCUT2D eigenvalue weighted by Crippen LogP contribution is -2.17. The Kier molecular flexibility index (Phi) is 6.57. The average molecular weight is 347 g/mol. The van der Waals surface area contributed by atoms with Gasteiger partial charge in [-0.05, 0) is 61.1 Å². The van der Waals surface area contributed by atoms with Gasteiger partial charge in [-0.25, -0.2) is 0 Å². The molecule has 0 heterocycles. The Bertz CT molecular complexity index is 853. The number of carbonyl (C=O) groups is 1. The van der Waals surface area contributed by atoms with Crippen LogP contribution in [-0.2, 0) is 17.6 Å². The zero-order valence-electron chi connectivity index (χ0n) is 15.8. The van der Waals surface area contributed by atoms with E-state index in [9.17, 15) is 10.1 Å². The van der Waals surface area contributed by atoms with Gasteiger partial charge < -0.3 is 10.6 Å². The minimum atomic E-state index is -0.403. The van der Waals surface area contributed by atoms with Crippen molar-refractivity contribution in [1.29, 1.82) is 5.26 Å². The molecule has 0 bridgehead atoms. The van der Waals surface area contributed by atoms with Crippen LogP contribution in [0.25, 0.3) is 0 Å². The first-order chi connectivity index (χ1) is 12.5. The molecule has 26 heavy (non-hydrogen) atoms. The number of rotatable bonds is 6. The molecule has 0 unspecified atom stereocenters. The maximum Gasteiger partial charge on any atom is 0.267 e. The Morgan fingerprint density at radius 1 is 1.08 bits per heavy atom. The first-order valence-corrected chi connectivity index (χ1v) is 8.86. The van der Waals surface area contributed by atoms with E-state index in [1.807, 2.05) is 70.2 Å². The second kappa shape index (κ2) is 8.87. The minimum absolute atomic E-state index is 0.0381. The summed E-state index contributed by atoms with van der Waals surface area (Å²) in [6.07, 6.45) is 3.09. The second-order valence-electron chi connectivity index (χ2n) is 6.23. The van der Waals surface area contributed by atoms with Crippen molar-refractivity contribution in [3.05, 3.63) is 70.4 Å². The van der Waals surface area contributed by atoms with Gasteiger partial charge in [-0.1, -0.05) is 38.1 Å². The van der Waals surface area contributed by atoms with Crippen molar-refractivity contribution in [2.75, 3.05) is 10.6 Å². The Morgan fingerprint density at radius 2 is 1.73 bits per heavy atom. The van der Waals surface area contributed by atoms with Crippen LogP contribution in [0, 0.1) is 25.2 Å². The molecule has 4 heteroatoms. The van der Waals surface area contributed by atoms with Crippen molar-refractivity contribution in [3.63, 3.8) is 0 Å². The van der Waals surface area contributed by atoms with Crippen molar-refractivity contribution in [2.24, 2.45) is 0 Å². The summed E-state index contributed by atoms with van der Waals surface area (Å²) in [6.45, 7) is 8.16. The SMILES string of the molecule is CCc1cccc(CC)c1NC(=O)/C(C#N)=C\Nc1ccc(C)c(C)c1. The van der Waals surface area contributed by atoms with Crippen molar-refractivity contribution in [2.45, 2.75) is 40.5 Å². The molecule has 2 aromatic carbocycles. The monoisotopic (exact) mass is 347 g/mol. The lowest BCUT2D eigenvalue weighted by atomic mass is 10.0. The van der Waals surface area contributed by atoms with Gasteiger partial charge in [-0.3, -0.25) is 4.79 Å². The maximum atomic E-state index is 12.6. The minimum Gasteiger partial charge on any atom is -0.360 e. The summed E-state index contributed by atoms with van der Waals surface area (Å²) in [5, 5.41) is 15.3. The summed E-state index contributed by atoms with van der Waals surface area (Å²) >= 11 is 0. The van der Waals surface area contributed by atoms with E-state index in [0.29, 0.717) is 0 Å². The summed E-state index contributed by atoms with van der Waals surface area (Å²) in [4.78, 5) is 12.6. The Morgan fingerprint density at radius 3 is 2.27 bits per heavy atom. The van der Waals surface area contributed by atoms with E-state index in [2.05, 4.69) is 10.6 Å². The fourth-order valence-corrected chi connectivity index (χ4v) is 2.72. The highest BCUT2D eigenvalue weighted by molar-refractivity contribution is 6.07. The van der Waals surface area contributed by atoms with E-state index in [0.717, 1.165) is 40.9 Å². The van der Waals surface area contributed by atoms with E-state index < -0.39 is 5.91 Å². The van der Waals surface area contributed by atoms with Crippen molar-refractivity contribution in [3.8, 4) is 6.07 Å². The summed E-state index contributed by atoms with van der Waals surface area (Å²) in [5.74, 6) is -0.403. The molecule has 0 atom stereocenters. The molecule has 134 valence electrons. The number of benzene rings is 2. The molecule has 0 radical (unpaired) electrons. The van der Waals surface area contributed by atoms with Crippen LogP contribution >= 0.6 is 0 Å². The van der Waals surface area contributed by atoms with E-state index >= 15 is 0 Å². The van der Waals surface area contributed by atoms with Crippen LogP contribution in [0.4, 0.5) is 11.4 Å². The number of anilines is 2. The average Bonchev–Trinajstić information content (AvgIpc) is 2.65. The number of aryl methyl sites for hydroxylation is 4. The standard InChI is InChI=1S/C22H25N3O/c1-5-17-8-7-9-18(6-2)21(17)25-22(26)19(13-23)14-24-20-11-10-15(3)16(4)12-20/h7-12,14,24H,5-6H2,1-4H3,(H,25,26)/b19-14-. The fourth-order valence-electron chi connectivity index (χ4n) is 2.72. The van der Waals surface area contributed by atoms with Gasteiger partial charge in [-0.2, -0.15) is 5.26 Å². The van der Waals surface area contributed by atoms with Crippen LogP contribution in [0.2, 0.25) is 0 Å². The molecule has 1 amide bonds. The Hall–Kier alpha value is -3.06. The van der Waals surface area contributed by atoms with Gasteiger partial charge in [0.05, 0.1) is 0 Å². The molecular weight excluding hydrogens is 322 g/mol. The van der Waals surface area contributed by atoms with E-state index in [4.69, 9.17) is 0 Å². The number of nitrogens with zero attached hydrogens (tertiary/aromatic N) is 1. The number of hydrogen-bond donors (Lipinski definition) is 2. The van der Waals surface area contributed by atoms with E-state index in [-0.39, 0.29) is 5.57 Å². The van der Waals surface area contributed by atoms with Crippen LogP contribution in [0.15, 0.2) is 48.2 Å². The third-order valence-corrected chi connectivity index (χ3v) is 4.49. The van der Waals surface area contributed by atoms with Gasteiger partial charge in [0.2, 0.25) is 0 Å². The summed E-state index contributed by atoms with van der Waals surface area (Å²) in [5.41, 5.74) is 6.17. The first-order valence-electron chi connectivity index (χ1n) is 8.86. The molecule has 2 N–H and O–H groups in total.